The summed E-state index contributed by atoms with van der Waals surface area (Å²) in [5.41, 5.74) is 12.0. The predicted octanol–water partition coefficient (Wildman–Crippen LogP) is 15.0. The first-order valence-electron chi connectivity index (χ1n) is 21.7. The molecular weight excluding hydrogens is 779 g/mol. The predicted molar refractivity (Wildman–Crippen MR) is 265 cm³/mol. The number of aromatic nitrogens is 5. The summed E-state index contributed by atoms with van der Waals surface area (Å²) in [7, 11) is 0. The number of para-hydroxylation sites is 1. The van der Waals surface area contributed by atoms with Crippen LogP contribution < -0.4 is 0 Å². The summed E-state index contributed by atoms with van der Waals surface area (Å²) < 4.78 is 4.72. The Kier molecular flexibility index (Phi) is 8.15. The van der Waals surface area contributed by atoms with Crippen LogP contribution in [-0.4, -0.2) is 24.1 Å². The van der Waals surface area contributed by atoms with Crippen LogP contribution in [-0.2, 0) is 0 Å². The number of hydrogen-bond donors (Lipinski definition) is 0. The molecule has 0 bridgehead atoms. The zero-order valence-corrected chi connectivity index (χ0v) is 34.6. The summed E-state index contributed by atoms with van der Waals surface area (Å²) in [6.07, 6.45) is 0. The minimum atomic E-state index is 0.566. The van der Waals surface area contributed by atoms with Crippen molar-refractivity contribution in [3.63, 3.8) is 0 Å². The lowest BCUT2D eigenvalue weighted by Crippen LogP contribution is -2.06. The van der Waals surface area contributed by atoms with Gasteiger partial charge in [0.05, 0.1) is 22.1 Å². The molecule has 0 aliphatic heterocycles. The molecule has 3 heterocycles. The topological polar surface area (TPSA) is 48.5 Å². The summed E-state index contributed by atoms with van der Waals surface area (Å²) >= 11 is 0. The molecule has 0 radical (unpaired) electrons. The molecule has 0 amide bonds. The fraction of sp³-hybridized carbons (Fsp3) is 0. The number of hydrogen-bond acceptors (Lipinski definition) is 3. The lowest BCUT2D eigenvalue weighted by Gasteiger charge is -2.13. The molecule has 5 nitrogen and oxygen atoms in total. The number of nitrogens with zero attached hydrogens (tertiary/aromatic N) is 5. The molecule has 13 aromatic rings. The number of fused-ring (bicyclic) bond motifs is 12. The van der Waals surface area contributed by atoms with Gasteiger partial charge in [-0.25, -0.2) is 4.98 Å². The van der Waals surface area contributed by atoms with Crippen LogP contribution >= 0.6 is 0 Å². The van der Waals surface area contributed by atoms with Crippen molar-refractivity contribution < 1.29 is 0 Å². The third-order valence-electron chi connectivity index (χ3n) is 12.8. The maximum absolute atomic E-state index is 5.43. The first kappa shape index (κ1) is 36.0. The van der Waals surface area contributed by atoms with Crippen LogP contribution in [0.15, 0.2) is 224 Å². The molecule has 0 saturated heterocycles. The van der Waals surface area contributed by atoms with Crippen LogP contribution in [0.1, 0.15) is 0 Å². The van der Waals surface area contributed by atoms with E-state index in [0.717, 1.165) is 55.4 Å². The van der Waals surface area contributed by atoms with E-state index in [1.54, 1.807) is 0 Å². The SMILES string of the molecule is c1ccc(-c2ccc(-c3nc(-c4ccccc4)nc(-n4c5ccc6c(c7ccccc7n6-c6ccc(-c7ccccc7)cc6)c5c5c6ccccc6c6ccccc6c54)n3)cc2)cc1. The van der Waals surface area contributed by atoms with Crippen LogP contribution in [0.2, 0.25) is 0 Å². The molecule has 0 atom stereocenters. The Balaban J connectivity index is 1.14. The van der Waals surface area contributed by atoms with Gasteiger partial charge in [0.25, 0.3) is 0 Å². The van der Waals surface area contributed by atoms with Crippen molar-refractivity contribution in [3.8, 4) is 56.7 Å². The minimum absolute atomic E-state index is 0.566. The minimum Gasteiger partial charge on any atom is -0.309 e. The van der Waals surface area contributed by atoms with Crippen molar-refractivity contribution in [3.05, 3.63) is 224 Å². The van der Waals surface area contributed by atoms with Gasteiger partial charge in [0, 0.05) is 43.7 Å². The Morgan fingerprint density at radius 3 is 1.28 bits per heavy atom. The highest BCUT2D eigenvalue weighted by molar-refractivity contribution is 6.38. The van der Waals surface area contributed by atoms with Crippen molar-refractivity contribution in [2.45, 2.75) is 0 Å². The monoisotopic (exact) mass is 815 g/mol. The Morgan fingerprint density at radius 1 is 0.250 bits per heavy atom. The van der Waals surface area contributed by atoms with Crippen LogP contribution in [0.25, 0.3) is 122 Å². The molecule has 0 aliphatic rings. The van der Waals surface area contributed by atoms with Gasteiger partial charge in [-0.3, -0.25) is 4.57 Å². The largest absolute Gasteiger partial charge is 0.309 e. The van der Waals surface area contributed by atoms with E-state index in [4.69, 9.17) is 15.0 Å². The maximum Gasteiger partial charge on any atom is 0.238 e. The van der Waals surface area contributed by atoms with E-state index in [-0.39, 0.29) is 0 Å². The van der Waals surface area contributed by atoms with Gasteiger partial charge in [-0.1, -0.05) is 194 Å². The molecule has 0 aliphatic carbocycles. The zero-order chi connectivity index (χ0) is 42.1. The first-order valence-corrected chi connectivity index (χ1v) is 21.7. The van der Waals surface area contributed by atoms with E-state index in [2.05, 4.69) is 209 Å². The van der Waals surface area contributed by atoms with E-state index < -0.39 is 0 Å². The van der Waals surface area contributed by atoms with Gasteiger partial charge in [0.1, 0.15) is 0 Å². The molecule has 10 aromatic carbocycles. The van der Waals surface area contributed by atoms with Gasteiger partial charge in [0.15, 0.2) is 11.6 Å². The fourth-order valence-corrected chi connectivity index (χ4v) is 9.89. The van der Waals surface area contributed by atoms with Crippen molar-refractivity contribution in [2.24, 2.45) is 0 Å². The van der Waals surface area contributed by atoms with Gasteiger partial charge >= 0.3 is 0 Å². The molecule has 13 rings (SSSR count). The summed E-state index contributed by atoms with van der Waals surface area (Å²) in [6, 6.07) is 79.7. The highest BCUT2D eigenvalue weighted by Crippen LogP contribution is 2.47. The standard InChI is InChI=1S/C59H37N5/c1-4-16-38(17-5-1)40-28-30-43(31-29-40)58-60-57(42-20-8-3-9-21-42)61-59(62-58)64-52-37-36-51-53(55(52)54-47-24-12-10-22-45(47)46-23-11-13-25-48(46)56(54)64)49-26-14-15-27-50(49)63(51)44-34-32-41(33-35-44)39-18-6-2-7-19-39/h1-37H. The maximum atomic E-state index is 5.43. The van der Waals surface area contributed by atoms with Gasteiger partial charge in [-0.05, 0) is 68.7 Å². The lowest BCUT2D eigenvalue weighted by atomic mass is 9.95. The molecule has 3 aromatic heterocycles. The summed E-state index contributed by atoms with van der Waals surface area (Å²) in [4.78, 5) is 16.0. The summed E-state index contributed by atoms with van der Waals surface area (Å²) in [6.45, 7) is 0. The van der Waals surface area contributed by atoms with Gasteiger partial charge < -0.3 is 4.57 Å². The van der Waals surface area contributed by atoms with Crippen molar-refractivity contribution in [1.29, 1.82) is 0 Å². The first-order chi connectivity index (χ1) is 31.8. The van der Waals surface area contributed by atoms with E-state index in [9.17, 15) is 0 Å². The fourth-order valence-electron chi connectivity index (χ4n) is 9.89. The Bertz CT molecular complexity index is 3910. The van der Waals surface area contributed by atoms with E-state index in [0.29, 0.717) is 17.6 Å². The molecule has 0 spiro atoms. The van der Waals surface area contributed by atoms with Crippen molar-refractivity contribution >= 4 is 65.2 Å². The highest BCUT2D eigenvalue weighted by atomic mass is 15.2. The Morgan fingerprint density at radius 2 is 0.672 bits per heavy atom. The second kappa shape index (κ2) is 14.5. The lowest BCUT2D eigenvalue weighted by molar-refractivity contribution is 0.955. The van der Waals surface area contributed by atoms with Crippen molar-refractivity contribution in [2.75, 3.05) is 0 Å². The number of benzene rings is 10. The smallest absolute Gasteiger partial charge is 0.238 e. The molecule has 0 unspecified atom stereocenters. The Labute approximate surface area is 368 Å². The summed E-state index contributed by atoms with van der Waals surface area (Å²) in [5, 5.41) is 9.43. The van der Waals surface area contributed by atoms with Crippen LogP contribution in [0.5, 0.6) is 0 Å². The molecule has 5 heteroatoms. The van der Waals surface area contributed by atoms with Gasteiger partial charge in [0.2, 0.25) is 5.95 Å². The second-order valence-electron chi connectivity index (χ2n) is 16.4. The molecule has 64 heavy (non-hydrogen) atoms. The third-order valence-corrected chi connectivity index (χ3v) is 12.8. The molecule has 0 N–H and O–H groups in total. The molecule has 298 valence electrons. The van der Waals surface area contributed by atoms with E-state index in [1.807, 2.05) is 24.3 Å². The van der Waals surface area contributed by atoms with Crippen LogP contribution in [0.3, 0.4) is 0 Å². The number of rotatable bonds is 6. The average Bonchev–Trinajstić information content (AvgIpc) is 3.91. The molecule has 0 saturated carbocycles. The quantitative estimate of drug-likeness (QED) is 0.157. The average molecular weight is 816 g/mol. The van der Waals surface area contributed by atoms with Gasteiger partial charge in [-0.15, -0.1) is 0 Å². The molecular formula is C59H37N5. The Hall–Kier alpha value is -8.67. The van der Waals surface area contributed by atoms with Crippen molar-refractivity contribution in [1.82, 2.24) is 24.1 Å². The zero-order valence-electron chi connectivity index (χ0n) is 34.6. The third kappa shape index (κ3) is 5.61. The van der Waals surface area contributed by atoms with E-state index >= 15 is 0 Å². The van der Waals surface area contributed by atoms with Crippen LogP contribution in [0, 0.1) is 0 Å². The normalized spacial score (nSPS) is 11.8. The molecule has 0 fully saturated rings. The highest BCUT2D eigenvalue weighted by Gasteiger charge is 2.26. The van der Waals surface area contributed by atoms with Crippen LogP contribution in [0.4, 0.5) is 0 Å². The summed E-state index contributed by atoms with van der Waals surface area (Å²) in [5.74, 6) is 1.79. The van der Waals surface area contributed by atoms with E-state index in [1.165, 1.54) is 48.8 Å². The second-order valence-corrected chi connectivity index (χ2v) is 16.4. The van der Waals surface area contributed by atoms with Gasteiger partial charge in [-0.2, -0.15) is 9.97 Å².